The van der Waals surface area contributed by atoms with Gasteiger partial charge in [0, 0.05) is 6.54 Å². The summed E-state index contributed by atoms with van der Waals surface area (Å²) in [4.78, 5) is 16.0. The molecule has 0 fully saturated rings. The minimum absolute atomic E-state index is 0.0464. The molecule has 0 aliphatic carbocycles. The molecule has 20 heavy (non-hydrogen) atoms. The number of nitrogen functional groups attached to an aromatic ring is 1. The van der Waals surface area contributed by atoms with Gasteiger partial charge in [0.25, 0.3) is 0 Å². The van der Waals surface area contributed by atoms with E-state index in [1.165, 1.54) is 6.33 Å². The van der Waals surface area contributed by atoms with Gasteiger partial charge in [-0.3, -0.25) is 0 Å². The average Bonchev–Trinajstić information content (AvgIpc) is 2.87. The third-order valence-corrected chi connectivity index (χ3v) is 3.07. The third-order valence-electron chi connectivity index (χ3n) is 2.74. The van der Waals surface area contributed by atoms with Crippen LogP contribution >= 0.6 is 11.6 Å². The summed E-state index contributed by atoms with van der Waals surface area (Å²) in [6.45, 7) is 2.81. The Kier molecular flexibility index (Phi) is 4.57. The highest BCUT2D eigenvalue weighted by molar-refractivity contribution is 6.33. The van der Waals surface area contributed by atoms with Crippen molar-refractivity contribution in [2.75, 3.05) is 5.73 Å². The van der Waals surface area contributed by atoms with E-state index in [-0.39, 0.29) is 17.9 Å². The first-order valence-corrected chi connectivity index (χ1v) is 6.59. The molecule has 0 saturated carbocycles. The maximum Gasteiger partial charge on any atom is 0.340 e. The summed E-state index contributed by atoms with van der Waals surface area (Å²) in [6.07, 6.45) is 2.36. The molecule has 1 heterocycles. The lowest BCUT2D eigenvalue weighted by Gasteiger charge is -2.08. The fourth-order valence-electron chi connectivity index (χ4n) is 1.72. The van der Waals surface area contributed by atoms with Crippen LogP contribution in [0.4, 0.5) is 5.69 Å². The van der Waals surface area contributed by atoms with E-state index in [2.05, 4.69) is 10.1 Å². The minimum Gasteiger partial charge on any atom is -0.454 e. The summed E-state index contributed by atoms with van der Waals surface area (Å²) in [7, 11) is 0. The van der Waals surface area contributed by atoms with E-state index in [9.17, 15) is 4.79 Å². The smallest absolute Gasteiger partial charge is 0.340 e. The molecule has 0 radical (unpaired) electrons. The van der Waals surface area contributed by atoms with Gasteiger partial charge < -0.3 is 10.5 Å². The number of esters is 1. The van der Waals surface area contributed by atoms with Gasteiger partial charge in [0.05, 0.1) is 16.3 Å². The number of aromatic nitrogens is 3. The van der Waals surface area contributed by atoms with Crippen molar-refractivity contribution in [2.24, 2.45) is 0 Å². The molecule has 0 aliphatic heterocycles. The fourth-order valence-corrected chi connectivity index (χ4v) is 1.90. The first-order valence-electron chi connectivity index (χ1n) is 6.21. The number of para-hydroxylation sites is 1. The first-order chi connectivity index (χ1) is 9.63. The largest absolute Gasteiger partial charge is 0.454 e. The van der Waals surface area contributed by atoms with Gasteiger partial charge in [0.15, 0.2) is 12.4 Å². The highest BCUT2D eigenvalue weighted by Crippen LogP contribution is 2.23. The van der Waals surface area contributed by atoms with Crippen LogP contribution in [-0.2, 0) is 17.9 Å². The van der Waals surface area contributed by atoms with E-state index in [0.29, 0.717) is 10.8 Å². The molecule has 1 aromatic heterocycles. The Hall–Kier alpha value is -2.08. The number of rotatable bonds is 5. The lowest BCUT2D eigenvalue weighted by Crippen LogP contribution is -2.12. The number of carbonyl (C=O) groups is 1. The van der Waals surface area contributed by atoms with Crippen LogP contribution in [0.1, 0.15) is 29.5 Å². The van der Waals surface area contributed by atoms with Gasteiger partial charge in [-0.1, -0.05) is 24.6 Å². The number of hydrogen-bond acceptors (Lipinski definition) is 5. The molecule has 0 saturated heterocycles. The van der Waals surface area contributed by atoms with Crippen molar-refractivity contribution >= 4 is 23.3 Å². The molecule has 2 rings (SSSR count). The number of carbonyl (C=O) groups excluding carboxylic acids is 1. The van der Waals surface area contributed by atoms with Crippen molar-refractivity contribution in [2.45, 2.75) is 26.5 Å². The molecule has 7 heteroatoms. The lowest BCUT2D eigenvalue weighted by atomic mass is 10.2. The zero-order valence-corrected chi connectivity index (χ0v) is 11.8. The molecule has 0 aliphatic rings. The minimum atomic E-state index is -0.531. The maximum atomic E-state index is 12.0. The molecular formula is C13H15ClN4O2. The number of nitrogens with two attached hydrogens (primary N) is 1. The fraction of sp³-hybridized carbons (Fsp3) is 0.308. The molecule has 106 valence electrons. The third kappa shape index (κ3) is 3.08. The van der Waals surface area contributed by atoms with Crippen molar-refractivity contribution in [3.8, 4) is 0 Å². The normalized spacial score (nSPS) is 10.5. The van der Waals surface area contributed by atoms with Crippen LogP contribution in [0.5, 0.6) is 0 Å². The number of nitrogens with zero attached hydrogens (tertiary/aromatic N) is 3. The predicted molar refractivity (Wildman–Crippen MR) is 75.3 cm³/mol. The average molecular weight is 295 g/mol. The number of ether oxygens (including phenoxy) is 1. The first kappa shape index (κ1) is 14.3. The second-order valence-corrected chi connectivity index (χ2v) is 4.58. The molecule has 1 aromatic carbocycles. The van der Waals surface area contributed by atoms with Crippen LogP contribution in [0.25, 0.3) is 0 Å². The second kappa shape index (κ2) is 6.38. The number of hydrogen-bond donors (Lipinski definition) is 1. The summed E-state index contributed by atoms with van der Waals surface area (Å²) in [5.41, 5.74) is 6.21. The monoisotopic (exact) mass is 294 g/mol. The van der Waals surface area contributed by atoms with Gasteiger partial charge in [-0.25, -0.2) is 14.5 Å². The van der Waals surface area contributed by atoms with Crippen molar-refractivity contribution in [1.82, 2.24) is 14.8 Å². The van der Waals surface area contributed by atoms with Crippen LogP contribution in [0.2, 0.25) is 5.02 Å². The topological polar surface area (TPSA) is 83.0 Å². The Bertz CT molecular complexity index is 612. The molecule has 6 nitrogen and oxygen atoms in total. The number of anilines is 1. The molecular weight excluding hydrogens is 280 g/mol. The molecule has 0 spiro atoms. The van der Waals surface area contributed by atoms with Crippen molar-refractivity contribution in [3.05, 3.63) is 40.9 Å². The van der Waals surface area contributed by atoms with E-state index in [4.69, 9.17) is 22.1 Å². The Morgan fingerprint density at radius 1 is 1.50 bits per heavy atom. The standard InChI is InChI=1S/C13H15ClN4O2/c1-2-6-18-11(16-8-17-18)7-20-13(19)9-4-3-5-10(14)12(9)15/h3-5,8H,2,6-7,15H2,1H3. The van der Waals surface area contributed by atoms with E-state index >= 15 is 0 Å². The van der Waals surface area contributed by atoms with Crippen molar-refractivity contribution < 1.29 is 9.53 Å². The SMILES string of the molecule is CCCn1ncnc1COC(=O)c1cccc(Cl)c1N. The Labute approximate surface area is 121 Å². The van der Waals surface area contributed by atoms with Gasteiger partial charge in [-0.05, 0) is 18.6 Å². The van der Waals surface area contributed by atoms with Crippen LogP contribution in [0.15, 0.2) is 24.5 Å². The van der Waals surface area contributed by atoms with Crippen molar-refractivity contribution in [3.63, 3.8) is 0 Å². The van der Waals surface area contributed by atoms with Crippen LogP contribution in [0, 0.1) is 0 Å². The number of aryl methyl sites for hydroxylation is 1. The highest BCUT2D eigenvalue weighted by Gasteiger charge is 2.14. The lowest BCUT2D eigenvalue weighted by molar-refractivity contribution is 0.0458. The highest BCUT2D eigenvalue weighted by atomic mass is 35.5. The molecule has 0 bridgehead atoms. The summed E-state index contributed by atoms with van der Waals surface area (Å²) in [6, 6.07) is 4.83. The second-order valence-electron chi connectivity index (χ2n) is 4.18. The van der Waals surface area contributed by atoms with E-state index in [1.807, 2.05) is 6.92 Å². The van der Waals surface area contributed by atoms with Crippen LogP contribution in [-0.4, -0.2) is 20.7 Å². The van der Waals surface area contributed by atoms with E-state index < -0.39 is 5.97 Å². The molecule has 2 N–H and O–H groups in total. The zero-order valence-electron chi connectivity index (χ0n) is 11.0. The van der Waals surface area contributed by atoms with Gasteiger partial charge in [-0.15, -0.1) is 0 Å². The summed E-state index contributed by atoms with van der Waals surface area (Å²) < 4.78 is 6.90. The van der Waals surface area contributed by atoms with Gasteiger partial charge in [-0.2, -0.15) is 5.10 Å². The van der Waals surface area contributed by atoms with E-state index in [0.717, 1.165) is 13.0 Å². The molecule has 2 aromatic rings. The maximum absolute atomic E-state index is 12.0. The van der Waals surface area contributed by atoms with Crippen LogP contribution in [0.3, 0.4) is 0 Å². The van der Waals surface area contributed by atoms with Gasteiger partial charge in [0.2, 0.25) is 0 Å². The Morgan fingerprint density at radius 3 is 3.05 bits per heavy atom. The Morgan fingerprint density at radius 2 is 2.30 bits per heavy atom. The van der Waals surface area contributed by atoms with Crippen LogP contribution < -0.4 is 5.73 Å². The van der Waals surface area contributed by atoms with Gasteiger partial charge >= 0.3 is 5.97 Å². The Balaban J connectivity index is 2.05. The van der Waals surface area contributed by atoms with Gasteiger partial charge in [0.1, 0.15) is 6.33 Å². The summed E-state index contributed by atoms with van der Waals surface area (Å²) >= 11 is 5.86. The molecule has 0 unspecified atom stereocenters. The van der Waals surface area contributed by atoms with Crippen molar-refractivity contribution in [1.29, 1.82) is 0 Å². The quantitative estimate of drug-likeness (QED) is 0.675. The molecule has 0 amide bonds. The summed E-state index contributed by atoms with van der Waals surface area (Å²) in [5, 5.41) is 4.38. The number of halogens is 1. The summed E-state index contributed by atoms with van der Waals surface area (Å²) in [5.74, 6) is 0.0665. The number of benzene rings is 1. The van der Waals surface area contributed by atoms with E-state index in [1.54, 1.807) is 22.9 Å². The molecule has 0 atom stereocenters. The zero-order chi connectivity index (χ0) is 14.5. The predicted octanol–water partition coefficient (Wildman–Crippen LogP) is 2.28.